The SMILES string of the molecule is CC1(C)c2ccccc2-c2ccc(N(c3ccc(-c4cc5ccccc5c5ccccc45)cc3)c3ccc(-n4c5ccccc5c5c6c7ccccc7ccc6c6ccccc6c54)cc3)cc21. The molecule has 14 rings (SSSR count). The average molecular weight is 853 g/mol. The molecule has 1 aliphatic carbocycles. The Morgan fingerprint density at radius 1 is 0.343 bits per heavy atom. The van der Waals surface area contributed by atoms with Crippen LogP contribution in [0.4, 0.5) is 17.1 Å². The van der Waals surface area contributed by atoms with Gasteiger partial charge in [0.1, 0.15) is 0 Å². The first-order valence-corrected chi connectivity index (χ1v) is 23.4. The molecule has 0 saturated heterocycles. The monoisotopic (exact) mass is 852 g/mol. The molecule has 2 heteroatoms. The minimum absolute atomic E-state index is 0.132. The van der Waals surface area contributed by atoms with Crippen molar-refractivity contribution in [3.05, 3.63) is 242 Å². The lowest BCUT2D eigenvalue weighted by Crippen LogP contribution is -2.16. The molecular formula is C65H44N2. The molecule has 2 nitrogen and oxygen atoms in total. The van der Waals surface area contributed by atoms with Crippen LogP contribution < -0.4 is 4.90 Å². The fraction of sp³-hybridized carbons (Fsp3) is 0.0462. The summed E-state index contributed by atoms with van der Waals surface area (Å²) in [5.41, 5.74) is 14.6. The Morgan fingerprint density at radius 2 is 0.910 bits per heavy atom. The van der Waals surface area contributed by atoms with Gasteiger partial charge in [-0.25, -0.2) is 0 Å². The van der Waals surface area contributed by atoms with E-state index in [1.807, 2.05) is 0 Å². The van der Waals surface area contributed by atoms with Gasteiger partial charge in [-0.1, -0.05) is 184 Å². The zero-order chi connectivity index (χ0) is 44.4. The average Bonchev–Trinajstić information content (AvgIpc) is 3.85. The highest BCUT2D eigenvalue weighted by atomic mass is 15.1. The van der Waals surface area contributed by atoms with Gasteiger partial charge in [-0.3, -0.25) is 0 Å². The lowest BCUT2D eigenvalue weighted by atomic mass is 9.82. The first-order chi connectivity index (χ1) is 33.0. The highest BCUT2D eigenvalue weighted by molar-refractivity contribution is 6.36. The molecule has 314 valence electrons. The van der Waals surface area contributed by atoms with Gasteiger partial charge in [0.25, 0.3) is 0 Å². The molecule has 1 aliphatic rings. The molecule has 0 fully saturated rings. The summed E-state index contributed by atoms with van der Waals surface area (Å²) in [6.07, 6.45) is 0. The van der Waals surface area contributed by atoms with Crippen LogP contribution in [-0.4, -0.2) is 4.57 Å². The number of para-hydroxylation sites is 1. The van der Waals surface area contributed by atoms with E-state index in [4.69, 9.17) is 0 Å². The van der Waals surface area contributed by atoms with Crippen molar-refractivity contribution in [3.63, 3.8) is 0 Å². The number of anilines is 3. The fourth-order valence-electron chi connectivity index (χ4n) is 11.8. The Kier molecular flexibility index (Phi) is 8.06. The molecule has 12 aromatic carbocycles. The maximum absolute atomic E-state index is 2.50. The molecule has 0 bridgehead atoms. The molecule has 0 unspecified atom stereocenters. The van der Waals surface area contributed by atoms with Gasteiger partial charge in [0.05, 0.1) is 11.0 Å². The summed E-state index contributed by atoms with van der Waals surface area (Å²) in [5, 5.41) is 15.3. The summed E-state index contributed by atoms with van der Waals surface area (Å²) in [5.74, 6) is 0. The molecule has 67 heavy (non-hydrogen) atoms. The smallest absolute Gasteiger partial charge is 0.0626 e. The van der Waals surface area contributed by atoms with E-state index >= 15 is 0 Å². The predicted molar refractivity (Wildman–Crippen MR) is 286 cm³/mol. The summed E-state index contributed by atoms with van der Waals surface area (Å²) in [6, 6.07) is 85.7. The summed E-state index contributed by atoms with van der Waals surface area (Å²) in [6.45, 7) is 4.73. The number of benzene rings is 12. The van der Waals surface area contributed by atoms with Crippen LogP contribution in [0, 0.1) is 0 Å². The second-order valence-corrected chi connectivity index (χ2v) is 18.8. The van der Waals surface area contributed by atoms with Crippen molar-refractivity contribution >= 4 is 92.7 Å². The third-order valence-corrected chi connectivity index (χ3v) is 14.9. The second-order valence-electron chi connectivity index (χ2n) is 18.8. The van der Waals surface area contributed by atoms with Crippen LogP contribution in [0.5, 0.6) is 0 Å². The van der Waals surface area contributed by atoms with Crippen molar-refractivity contribution < 1.29 is 0 Å². The van der Waals surface area contributed by atoms with Gasteiger partial charge < -0.3 is 9.47 Å². The van der Waals surface area contributed by atoms with E-state index in [0.717, 1.165) is 22.7 Å². The van der Waals surface area contributed by atoms with Crippen LogP contribution in [0.25, 0.3) is 104 Å². The summed E-state index contributed by atoms with van der Waals surface area (Å²) < 4.78 is 2.50. The maximum atomic E-state index is 2.50. The molecule has 0 aliphatic heterocycles. The largest absolute Gasteiger partial charge is 0.310 e. The van der Waals surface area contributed by atoms with E-state index in [9.17, 15) is 0 Å². The Hall–Kier alpha value is -8.46. The topological polar surface area (TPSA) is 8.17 Å². The standard InChI is InChI=1S/C65H44N2/c1-65(2)59-25-13-11-22-53(59)54-38-36-47(40-60(54)65)66(44-30-27-42(28-31-44)58-39-43-16-4-5-17-48(43)50-19-7-8-20-51(50)58)45-32-34-46(35-33-45)67-61-26-14-12-24-57(61)63-62-49-18-6-3-15-41(49)29-37-55(62)52-21-9-10-23-56(52)64(63)67/h3-40H,1-2H3. The van der Waals surface area contributed by atoms with Crippen molar-refractivity contribution in [1.82, 2.24) is 4.57 Å². The highest BCUT2D eigenvalue weighted by Crippen LogP contribution is 2.51. The zero-order valence-corrected chi connectivity index (χ0v) is 37.3. The number of aromatic nitrogens is 1. The van der Waals surface area contributed by atoms with Gasteiger partial charge in [-0.2, -0.15) is 0 Å². The summed E-state index contributed by atoms with van der Waals surface area (Å²) >= 11 is 0. The molecule has 0 radical (unpaired) electrons. The third-order valence-electron chi connectivity index (χ3n) is 14.9. The molecule has 0 amide bonds. The molecule has 0 atom stereocenters. The van der Waals surface area contributed by atoms with Crippen molar-refractivity contribution in [2.75, 3.05) is 4.90 Å². The summed E-state index contributed by atoms with van der Waals surface area (Å²) in [7, 11) is 0. The Balaban J connectivity index is 0.962. The first-order valence-electron chi connectivity index (χ1n) is 23.4. The molecule has 1 heterocycles. The van der Waals surface area contributed by atoms with E-state index < -0.39 is 0 Å². The number of hydrogen-bond acceptors (Lipinski definition) is 1. The Labute approximate surface area is 389 Å². The summed E-state index contributed by atoms with van der Waals surface area (Å²) in [4.78, 5) is 2.44. The number of hydrogen-bond donors (Lipinski definition) is 0. The van der Waals surface area contributed by atoms with Crippen LogP contribution >= 0.6 is 0 Å². The molecule has 0 saturated carbocycles. The Morgan fingerprint density at radius 3 is 1.69 bits per heavy atom. The van der Waals surface area contributed by atoms with E-state index in [1.165, 1.54) is 109 Å². The maximum Gasteiger partial charge on any atom is 0.0626 e. The van der Waals surface area contributed by atoms with Gasteiger partial charge in [-0.15, -0.1) is 0 Å². The number of fused-ring (bicyclic) bond motifs is 16. The van der Waals surface area contributed by atoms with Gasteiger partial charge >= 0.3 is 0 Å². The van der Waals surface area contributed by atoms with Crippen molar-refractivity contribution in [3.8, 4) is 27.9 Å². The van der Waals surface area contributed by atoms with Crippen LogP contribution in [-0.2, 0) is 5.41 Å². The molecular weight excluding hydrogens is 809 g/mol. The van der Waals surface area contributed by atoms with Crippen molar-refractivity contribution in [2.45, 2.75) is 19.3 Å². The third kappa shape index (κ3) is 5.51. The van der Waals surface area contributed by atoms with Crippen molar-refractivity contribution in [1.29, 1.82) is 0 Å². The predicted octanol–water partition coefficient (Wildman–Crippen LogP) is 18.0. The van der Waals surface area contributed by atoms with E-state index in [0.29, 0.717) is 0 Å². The fourth-order valence-corrected chi connectivity index (χ4v) is 11.8. The van der Waals surface area contributed by atoms with E-state index in [1.54, 1.807) is 0 Å². The van der Waals surface area contributed by atoms with Crippen LogP contribution in [0.15, 0.2) is 231 Å². The zero-order valence-electron chi connectivity index (χ0n) is 37.3. The molecule has 1 aromatic heterocycles. The van der Waals surface area contributed by atoms with Crippen LogP contribution in [0.2, 0.25) is 0 Å². The minimum Gasteiger partial charge on any atom is -0.310 e. The first kappa shape index (κ1) is 37.9. The number of nitrogens with zero attached hydrogens (tertiary/aromatic N) is 2. The lowest BCUT2D eigenvalue weighted by Gasteiger charge is -2.28. The van der Waals surface area contributed by atoms with Crippen molar-refractivity contribution in [2.24, 2.45) is 0 Å². The van der Waals surface area contributed by atoms with E-state index in [-0.39, 0.29) is 5.41 Å². The quantitative estimate of drug-likeness (QED) is 0.157. The van der Waals surface area contributed by atoms with Gasteiger partial charge in [0.15, 0.2) is 0 Å². The lowest BCUT2D eigenvalue weighted by molar-refractivity contribution is 0.660. The second kappa shape index (κ2) is 14.3. The van der Waals surface area contributed by atoms with Crippen LogP contribution in [0.1, 0.15) is 25.0 Å². The molecule has 13 aromatic rings. The highest BCUT2D eigenvalue weighted by Gasteiger charge is 2.36. The van der Waals surface area contributed by atoms with E-state index in [2.05, 4.69) is 254 Å². The number of rotatable bonds is 5. The van der Waals surface area contributed by atoms with Gasteiger partial charge in [0.2, 0.25) is 0 Å². The van der Waals surface area contributed by atoms with Gasteiger partial charge in [-0.05, 0) is 137 Å². The molecule has 0 N–H and O–H groups in total. The van der Waals surface area contributed by atoms with Crippen LogP contribution in [0.3, 0.4) is 0 Å². The molecule has 0 spiro atoms. The van der Waals surface area contributed by atoms with Gasteiger partial charge in [0, 0.05) is 49.7 Å². The Bertz CT molecular complexity index is 4170. The normalized spacial score (nSPS) is 13.0. The minimum atomic E-state index is -0.132.